The molecular formula is C24H34N4O4. The summed E-state index contributed by atoms with van der Waals surface area (Å²) < 4.78 is 5.30. The van der Waals surface area contributed by atoms with Gasteiger partial charge in [-0.25, -0.2) is 0 Å². The summed E-state index contributed by atoms with van der Waals surface area (Å²) in [6, 6.07) is 7.62. The molecule has 3 heterocycles. The minimum Gasteiger partial charge on any atom is -0.497 e. The summed E-state index contributed by atoms with van der Waals surface area (Å²) in [5.74, 6) is 1.28. The van der Waals surface area contributed by atoms with Crippen molar-refractivity contribution in [3.63, 3.8) is 0 Å². The Labute approximate surface area is 189 Å². The Hall–Kier alpha value is -2.61. The highest BCUT2D eigenvalue weighted by Crippen LogP contribution is 2.32. The van der Waals surface area contributed by atoms with Crippen molar-refractivity contribution in [1.29, 1.82) is 0 Å². The second kappa shape index (κ2) is 10.3. The molecule has 3 saturated heterocycles. The summed E-state index contributed by atoms with van der Waals surface area (Å²) in [5.41, 5.74) is 0.675. The molecule has 32 heavy (non-hydrogen) atoms. The number of carbonyl (C=O) groups is 3. The molecule has 0 bridgehead atoms. The van der Waals surface area contributed by atoms with Gasteiger partial charge in [-0.05, 0) is 56.2 Å². The van der Waals surface area contributed by atoms with Gasteiger partial charge < -0.3 is 19.9 Å². The SMILES string of the molecule is COc1cccc(C(=O)N2CCCC[C@@H]2C2CCN(C(=O)CN3CCNC(=O)C3)CC2)c1. The van der Waals surface area contributed by atoms with E-state index in [1.807, 2.05) is 34.1 Å². The lowest BCUT2D eigenvalue weighted by molar-refractivity contribution is -0.135. The lowest BCUT2D eigenvalue weighted by Crippen LogP contribution is -2.53. The molecule has 8 heteroatoms. The molecule has 3 amide bonds. The topological polar surface area (TPSA) is 82.2 Å². The Kier molecular flexibility index (Phi) is 7.29. The number of piperazine rings is 1. The van der Waals surface area contributed by atoms with E-state index in [2.05, 4.69) is 10.2 Å². The molecule has 0 spiro atoms. The number of nitrogens with zero attached hydrogens (tertiary/aromatic N) is 3. The van der Waals surface area contributed by atoms with Crippen molar-refractivity contribution < 1.29 is 19.1 Å². The van der Waals surface area contributed by atoms with E-state index in [0.29, 0.717) is 36.9 Å². The fourth-order valence-electron chi connectivity index (χ4n) is 5.27. The first-order chi connectivity index (χ1) is 15.5. The van der Waals surface area contributed by atoms with E-state index in [4.69, 9.17) is 4.74 Å². The van der Waals surface area contributed by atoms with E-state index < -0.39 is 0 Å². The minimum absolute atomic E-state index is 0.0131. The zero-order valence-electron chi connectivity index (χ0n) is 18.9. The highest BCUT2D eigenvalue weighted by Gasteiger charge is 2.36. The van der Waals surface area contributed by atoms with E-state index >= 15 is 0 Å². The van der Waals surface area contributed by atoms with Crippen LogP contribution in [0, 0.1) is 5.92 Å². The molecule has 0 saturated carbocycles. The van der Waals surface area contributed by atoms with E-state index in [1.165, 1.54) is 0 Å². The van der Waals surface area contributed by atoms with E-state index in [1.54, 1.807) is 7.11 Å². The molecule has 3 fully saturated rings. The molecule has 0 radical (unpaired) electrons. The molecule has 0 aromatic heterocycles. The molecule has 1 N–H and O–H groups in total. The van der Waals surface area contributed by atoms with Crippen molar-refractivity contribution in [1.82, 2.24) is 20.0 Å². The molecule has 0 unspecified atom stereocenters. The number of piperidine rings is 2. The van der Waals surface area contributed by atoms with Gasteiger partial charge >= 0.3 is 0 Å². The molecular weight excluding hydrogens is 408 g/mol. The fraction of sp³-hybridized carbons (Fsp3) is 0.625. The maximum Gasteiger partial charge on any atom is 0.254 e. The maximum absolute atomic E-state index is 13.3. The zero-order valence-corrected chi connectivity index (χ0v) is 18.9. The maximum atomic E-state index is 13.3. The summed E-state index contributed by atoms with van der Waals surface area (Å²) >= 11 is 0. The smallest absolute Gasteiger partial charge is 0.254 e. The second-order valence-corrected chi connectivity index (χ2v) is 9.07. The van der Waals surface area contributed by atoms with Gasteiger partial charge in [0.15, 0.2) is 0 Å². The molecule has 1 aromatic rings. The number of methoxy groups -OCH3 is 1. The Morgan fingerprint density at radius 2 is 1.91 bits per heavy atom. The first-order valence-electron chi connectivity index (χ1n) is 11.8. The summed E-state index contributed by atoms with van der Waals surface area (Å²) in [6.07, 6.45) is 5.03. The normalized spacial score (nSPS) is 23.0. The average molecular weight is 443 g/mol. The van der Waals surface area contributed by atoms with E-state index in [9.17, 15) is 14.4 Å². The van der Waals surface area contributed by atoms with Gasteiger partial charge in [0.05, 0.1) is 20.2 Å². The van der Waals surface area contributed by atoms with Crippen molar-refractivity contribution in [2.45, 2.75) is 38.1 Å². The molecule has 3 aliphatic heterocycles. The van der Waals surface area contributed by atoms with Crippen LogP contribution in [0.1, 0.15) is 42.5 Å². The molecule has 1 atom stereocenters. The van der Waals surface area contributed by atoms with Gasteiger partial charge in [0.2, 0.25) is 11.8 Å². The summed E-state index contributed by atoms with van der Waals surface area (Å²) in [4.78, 5) is 43.5. The van der Waals surface area contributed by atoms with Crippen LogP contribution in [0.4, 0.5) is 0 Å². The van der Waals surface area contributed by atoms with Gasteiger partial charge in [-0.1, -0.05) is 6.07 Å². The number of benzene rings is 1. The number of nitrogens with one attached hydrogen (secondary N) is 1. The monoisotopic (exact) mass is 442 g/mol. The first-order valence-corrected chi connectivity index (χ1v) is 11.8. The van der Waals surface area contributed by atoms with E-state index in [0.717, 1.165) is 58.3 Å². The predicted octanol–water partition coefficient (Wildman–Crippen LogP) is 1.36. The Bertz CT molecular complexity index is 837. The Morgan fingerprint density at radius 3 is 2.66 bits per heavy atom. The summed E-state index contributed by atoms with van der Waals surface area (Å²) in [7, 11) is 1.61. The van der Waals surface area contributed by atoms with Gasteiger partial charge in [0.1, 0.15) is 5.75 Å². The number of hydrogen-bond acceptors (Lipinski definition) is 5. The van der Waals surface area contributed by atoms with Gasteiger partial charge in [-0.3, -0.25) is 19.3 Å². The highest BCUT2D eigenvalue weighted by molar-refractivity contribution is 5.95. The fourth-order valence-corrected chi connectivity index (χ4v) is 5.27. The van der Waals surface area contributed by atoms with Crippen molar-refractivity contribution in [3.05, 3.63) is 29.8 Å². The largest absolute Gasteiger partial charge is 0.497 e. The molecule has 0 aliphatic carbocycles. The standard InChI is InChI=1S/C24H34N4O4/c1-32-20-6-4-5-19(15-20)24(31)28-11-3-2-7-21(28)18-8-12-27(13-9-18)23(30)17-26-14-10-25-22(29)16-26/h4-6,15,18,21H,2-3,7-14,16-17H2,1H3,(H,25,29)/t21-/m1/s1. The van der Waals surface area contributed by atoms with Crippen molar-refractivity contribution in [2.24, 2.45) is 5.92 Å². The summed E-state index contributed by atoms with van der Waals surface area (Å²) in [5, 5.41) is 2.79. The van der Waals surface area contributed by atoms with Crippen LogP contribution in [0.5, 0.6) is 5.75 Å². The molecule has 3 aliphatic rings. The third-order valence-electron chi connectivity index (χ3n) is 7.04. The zero-order chi connectivity index (χ0) is 22.5. The number of carbonyl (C=O) groups excluding carboxylic acids is 3. The molecule has 4 rings (SSSR count). The number of amides is 3. The number of rotatable bonds is 5. The number of hydrogen-bond donors (Lipinski definition) is 1. The average Bonchev–Trinajstić information content (AvgIpc) is 2.83. The minimum atomic E-state index is -0.0131. The van der Waals surface area contributed by atoms with Gasteiger partial charge in [0, 0.05) is 44.3 Å². The number of ether oxygens (including phenoxy) is 1. The van der Waals surface area contributed by atoms with Crippen LogP contribution >= 0.6 is 0 Å². The van der Waals surface area contributed by atoms with Crippen LogP contribution in [0.3, 0.4) is 0 Å². The molecule has 8 nitrogen and oxygen atoms in total. The predicted molar refractivity (Wildman–Crippen MR) is 120 cm³/mol. The Balaban J connectivity index is 1.34. The van der Waals surface area contributed by atoms with Crippen molar-refractivity contribution in [3.8, 4) is 5.75 Å². The first kappa shape index (κ1) is 22.6. The van der Waals surface area contributed by atoms with Gasteiger partial charge in [-0.2, -0.15) is 0 Å². The third-order valence-corrected chi connectivity index (χ3v) is 7.04. The molecule has 1 aromatic carbocycles. The van der Waals surface area contributed by atoms with Crippen LogP contribution in [-0.2, 0) is 9.59 Å². The second-order valence-electron chi connectivity index (χ2n) is 9.07. The van der Waals surface area contributed by atoms with Crippen molar-refractivity contribution in [2.75, 3.05) is 52.9 Å². The lowest BCUT2D eigenvalue weighted by Gasteiger charge is -2.44. The summed E-state index contributed by atoms with van der Waals surface area (Å²) in [6.45, 7) is 4.16. The van der Waals surface area contributed by atoms with Crippen LogP contribution < -0.4 is 10.1 Å². The van der Waals surface area contributed by atoms with Crippen LogP contribution in [-0.4, -0.2) is 91.4 Å². The van der Waals surface area contributed by atoms with Crippen LogP contribution in [0.15, 0.2) is 24.3 Å². The van der Waals surface area contributed by atoms with Gasteiger partial charge in [0.25, 0.3) is 5.91 Å². The lowest BCUT2D eigenvalue weighted by atomic mass is 9.83. The third kappa shape index (κ3) is 5.23. The van der Waals surface area contributed by atoms with Crippen molar-refractivity contribution >= 4 is 17.7 Å². The highest BCUT2D eigenvalue weighted by atomic mass is 16.5. The van der Waals surface area contributed by atoms with Gasteiger partial charge in [-0.15, -0.1) is 0 Å². The Morgan fingerprint density at radius 1 is 1.09 bits per heavy atom. The quantitative estimate of drug-likeness (QED) is 0.745. The molecule has 174 valence electrons. The number of likely N-dealkylation sites (tertiary alicyclic amines) is 2. The van der Waals surface area contributed by atoms with E-state index in [-0.39, 0.29) is 23.8 Å². The van der Waals surface area contributed by atoms with Crippen LogP contribution in [0.2, 0.25) is 0 Å². The van der Waals surface area contributed by atoms with Crippen LogP contribution in [0.25, 0.3) is 0 Å².